The molecule has 6 nitrogen and oxygen atoms in total. The summed E-state index contributed by atoms with van der Waals surface area (Å²) >= 11 is 6.20. The molecule has 0 spiro atoms. The average Bonchev–Trinajstić information content (AvgIpc) is 2.80. The Balaban J connectivity index is 2.10. The van der Waals surface area contributed by atoms with Gasteiger partial charge in [0.2, 0.25) is 5.91 Å². The summed E-state index contributed by atoms with van der Waals surface area (Å²) in [4.78, 5) is 27.7. The van der Waals surface area contributed by atoms with E-state index in [0.717, 1.165) is 0 Å². The summed E-state index contributed by atoms with van der Waals surface area (Å²) in [6.07, 6.45) is 2.05. The maximum absolute atomic E-state index is 12.2. The molecule has 7 heteroatoms. The van der Waals surface area contributed by atoms with Crippen LogP contribution < -0.4 is 5.73 Å². The first-order valence-electron chi connectivity index (χ1n) is 6.68. The van der Waals surface area contributed by atoms with Crippen LogP contribution in [0, 0.1) is 0 Å². The van der Waals surface area contributed by atoms with Gasteiger partial charge in [-0.1, -0.05) is 11.6 Å². The Morgan fingerprint density at radius 3 is 2.82 bits per heavy atom. The van der Waals surface area contributed by atoms with Crippen LogP contribution in [-0.2, 0) is 11.2 Å². The molecular formula is C15H14ClN3O3. The lowest BCUT2D eigenvalue weighted by Crippen LogP contribution is -2.36. The number of nitrogens with zero attached hydrogens (tertiary/aromatic N) is 2. The number of aromatic nitrogens is 2. The fourth-order valence-electron chi connectivity index (χ4n) is 2.51. The lowest BCUT2D eigenvalue weighted by molar-refractivity contribution is -0.00796. The molecule has 1 aromatic heterocycles. The van der Waals surface area contributed by atoms with Crippen molar-refractivity contribution in [3.8, 4) is 5.69 Å². The number of rotatable bonds is 2. The van der Waals surface area contributed by atoms with Crippen LogP contribution in [0.1, 0.15) is 40.4 Å². The van der Waals surface area contributed by atoms with E-state index in [-0.39, 0.29) is 0 Å². The average molecular weight is 320 g/mol. The predicted octanol–water partition coefficient (Wildman–Crippen LogP) is 2.12. The summed E-state index contributed by atoms with van der Waals surface area (Å²) in [7, 11) is 0. The monoisotopic (exact) mass is 319 g/mol. The Hall–Kier alpha value is -2.34. The van der Waals surface area contributed by atoms with E-state index in [1.807, 2.05) is 13.8 Å². The normalized spacial score (nSPS) is 16.0. The van der Waals surface area contributed by atoms with Crippen LogP contribution in [0.4, 0.5) is 0 Å². The highest BCUT2D eigenvalue weighted by molar-refractivity contribution is 6.32. The molecule has 1 aliphatic rings. The Morgan fingerprint density at radius 1 is 1.45 bits per heavy atom. The fraction of sp³-hybridized carbons (Fsp3) is 0.267. The minimum Gasteiger partial charge on any atom is -0.455 e. The molecule has 1 amide bonds. The summed E-state index contributed by atoms with van der Waals surface area (Å²) in [5.41, 5.74) is 6.50. The molecule has 0 bridgehead atoms. The van der Waals surface area contributed by atoms with E-state index >= 15 is 0 Å². The van der Waals surface area contributed by atoms with Crippen LogP contribution in [-0.4, -0.2) is 27.0 Å². The van der Waals surface area contributed by atoms with Gasteiger partial charge < -0.3 is 10.5 Å². The van der Waals surface area contributed by atoms with Crippen molar-refractivity contribution in [1.82, 2.24) is 9.55 Å². The van der Waals surface area contributed by atoms with E-state index in [4.69, 9.17) is 22.1 Å². The van der Waals surface area contributed by atoms with E-state index < -0.39 is 17.5 Å². The lowest BCUT2D eigenvalue weighted by Gasteiger charge is -2.29. The summed E-state index contributed by atoms with van der Waals surface area (Å²) in [6.45, 7) is 3.67. The number of esters is 1. The molecule has 2 heterocycles. The molecule has 0 fully saturated rings. The molecule has 0 saturated heterocycles. The third kappa shape index (κ3) is 2.35. The molecule has 2 aromatic rings. The smallest absolute Gasteiger partial charge is 0.357 e. The third-order valence-corrected chi connectivity index (χ3v) is 3.79. The van der Waals surface area contributed by atoms with E-state index in [1.54, 1.807) is 16.7 Å². The minimum atomic E-state index is -0.580. The first-order valence-corrected chi connectivity index (χ1v) is 7.05. The quantitative estimate of drug-likeness (QED) is 0.859. The van der Waals surface area contributed by atoms with Gasteiger partial charge in [0.25, 0.3) is 0 Å². The second kappa shape index (κ2) is 4.84. The number of cyclic esters (lactones) is 1. The molecule has 22 heavy (non-hydrogen) atoms. The van der Waals surface area contributed by atoms with Gasteiger partial charge in [-0.15, -0.1) is 0 Å². The van der Waals surface area contributed by atoms with Gasteiger partial charge in [-0.25, -0.2) is 9.78 Å². The van der Waals surface area contributed by atoms with Crippen molar-refractivity contribution in [3.05, 3.63) is 46.5 Å². The van der Waals surface area contributed by atoms with E-state index in [1.165, 1.54) is 12.4 Å². The van der Waals surface area contributed by atoms with Crippen LogP contribution in [0.5, 0.6) is 0 Å². The molecule has 0 unspecified atom stereocenters. The van der Waals surface area contributed by atoms with Gasteiger partial charge in [0.05, 0.1) is 16.4 Å². The number of fused-ring (bicyclic) bond motifs is 1. The van der Waals surface area contributed by atoms with Crippen LogP contribution in [0.3, 0.4) is 0 Å². The number of carbonyl (C=O) groups excluding carboxylic acids is 2. The Morgan fingerprint density at radius 2 is 2.18 bits per heavy atom. The summed E-state index contributed by atoms with van der Waals surface area (Å²) in [6, 6.07) is 4.63. The zero-order chi connectivity index (χ0) is 16.1. The number of hydrogen-bond donors (Lipinski definition) is 1. The highest BCUT2D eigenvalue weighted by Crippen LogP contribution is 2.30. The number of nitrogens with two attached hydrogens (primary N) is 1. The van der Waals surface area contributed by atoms with Crippen LogP contribution in [0.15, 0.2) is 24.5 Å². The second-order valence-corrected chi connectivity index (χ2v) is 6.17. The summed E-state index contributed by atoms with van der Waals surface area (Å²) in [5, 5.41) is 0.300. The fourth-order valence-corrected chi connectivity index (χ4v) is 2.78. The van der Waals surface area contributed by atoms with Crippen molar-refractivity contribution in [2.24, 2.45) is 5.73 Å². The molecule has 1 aliphatic heterocycles. The number of primary amides is 1. The largest absolute Gasteiger partial charge is 0.455 e. The second-order valence-electron chi connectivity index (χ2n) is 5.77. The van der Waals surface area contributed by atoms with Gasteiger partial charge >= 0.3 is 5.97 Å². The van der Waals surface area contributed by atoms with Crippen LogP contribution in [0.2, 0.25) is 5.02 Å². The Kier molecular flexibility index (Phi) is 3.21. The number of benzene rings is 1. The number of halogens is 1. The summed E-state index contributed by atoms with van der Waals surface area (Å²) in [5.74, 6) is -1.01. The molecule has 0 radical (unpaired) electrons. The van der Waals surface area contributed by atoms with Crippen molar-refractivity contribution < 1.29 is 14.3 Å². The molecular weight excluding hydrogens is 306 g/mol. The molecule has 1 aromatic carbocycles. The van der Waals surface area contributed by atoms with Gasteiger partial charge in [-0.05, 0) is 32.0 Å². The van der Waals surface area contributed by atoms with Gasteiger partial charge in [0, 0.05) is 12.0 Å². The predicted molar refractivity (Wildman–Crippen MR) is 80.3 cm³/mol. The molecule has 0 atom stereocenters. The number of hydrogen-bond acceptors (Lipinski definition) is 4. The Bertz CT molecular complexity index is 795. The third-order valence-electron chi connectivity index (χ3n) is 3.49. The molecule has 3 rings (SSSR count). The number of ether oxygens (including phenoxy) is 1. The Labute approximate surface area is 131 Å². The maximum atomic E-state index is 12.2. The zero-order valence-electron chi connectivity index (χ0n) is 12.1. The van der Waals surface area contributed by atoms with Gasteiger partial charge in [0.15, 0.2) is 5.69 Å². The molecule has 2 N–H and O–H groups in total. The van der Waals surface area contributed by atoms with Crippen molar-refractivity contribution in [3.63, 3.8) is 0 Å². The van der Waals surface area contributed by atoms with Gasteiger partial charge in [-0.2, -0.15) is 0 Å². The highest BCUT2D eigenvalue weighted by Gasteiger charge is 2.36. The molecule has 0 aliphatic carbocycles. The maximum Gasteiger partial charge on any atom is 0.357 e. The van der Waals surface area contributed by atoms with Crippen molar-refractivity contribution >= 4 is 23.5 Å². The minimum absolute atomic E-state index is 0.298. The summed E-state index contributed by atoms with van der Waals surface area (Å²) < 4.78 is 6.97. The lowest BCUT2D eigenvalue weighted by atomic mass is 9.98. The van der Waals surface area contributed by atoms with Crippen molar-refractivity contribution in [2.45, 2.75) is 25.9 Å². The highest BCUT2D eigenvalue weighted by atomic mass is 35.5. The number of carbonyl (C=O) groups is 2. The topological polar surface area (TPSA) is 87.2 Å². The van der Waals surface area contributed by atoms with Crippen LogP contribution in [0.25, 0.3) is 5.69 Å². The SMILES string of the molecule is CC1(C)Cc2ncn(-c3ccc(C(N)=O)cc3Cl)c2C(=O)O1. The van der Waals surface area contributed by atoms with Crippen molar-refractivity contribution in [1.29, 1.82) is 0 Å². The zero-order valence-corrected chi connectivity index (χ0v) is 12.8. The molecule has 114 valence electrons. The van der Waals surface area contributed by atoms with E-state index in [9.17, 15) is 9.59 Å². The van der Waals surface area contributed by atoms with E-state index in [0.29, 0.717) is 34.1 Å². The first-order chi connectivity index (χ1) is 10.3. The standard InChI is InChI=1S/C15H14ClN3O3/c1-15(2)6-10-12(14(21)22-15)19(7-18-10)11-4-3-8(13(17)20)5-9(11)16/h3-5,7H,6H2,1-2H3,(H2,17,20). The number of amides is 1. The van der Waals surface area contributed by atoms with Crippen LogP contribution >= 0.6 is 11.6 Å². The van der Waals surface area contributed by atoms with E-state index in [2.05, 4.69) is 4.98 Å². The molecule has 0 saturated carbocycles. The number of imidazole rings is 1. The van der Waals surface area contributed by atoms with Gasteiger partial charge in [0.1, 0.15) is 11.9 Å². The van der Waals surface area contributed by atoms with Gasteiger partial charge in [-0.3, -0.25) is 9.36 Å². The van der Waals surface area contributed by atoms with Crippen molar-refractivity contribution in [2.75, 3.05) is 0 Å². The first kappa shape index (κ1) is 14.6.